The third-order valence-corrected chi connectivity index (χ3v) is 2.20. The Morgan fingerprint density at radius 2 is 1.69 bits per heavy atom. The highest BCUT2D eigenvalue weighted by Crippen LogP contribution is 2.41. The van der Waals surface area contributed by atoms with Crippen molar-refractivity contribution in [3.05, 3.63) is 33.9 Å². The lowest BCUT2D eigenvalue weighted by molar-refractivity contribution is -0.388. The average molecular weight is 259 g/mol. The number of nitro benzene ring substituents is 1. The van der Waals surface area contributed by atoms with Crippen LogP contribution in [-0.2, 0) is 0 Å². The van der Waals surface area contributed by atoms with Gasteiger partial charge in [0.15, 0.2) is 11.6 Å². The Kier molecular flexibility index (Phi) is 3.36. The van der Waals surface area contributed by atoms with Gasteiger partial charge < -0.3 is 0 Å². The fraction of sp³-hybridized carbons (Fsp3) is 0.143. The molecule has 0 saturated carbocycles. The maximum atomic E-state index is 12.6. The molecule has 0 N–H and O–H groups in total. The number of rotatable bonds is 2. The number of alkyl halides is 3. The van der Waals surface area contributed by atoms with Gasteiger partial charge in [-0.2, -0.15) is 13.2 Å². The topological polar surface area (TPSA) is 43.1 Å². The summed E-state index contributed by atoms with van der Waals surface area (Å²) in [7, 11) is 0. The lowest BCUT2D eigenvalue weighted by atomic mass is 10.3. The van der Waals surface area contributed by atoms with Crippen LogP contribution in [0.2, 0.25) is 0 Å². The monoisotopic (exact) mass is 259 g/mol. The lowest BCUT2D eigenvalue weighted by Gasteiger charge is -2.06. The molecule has 3 nitrogen and oxygen atoms in total. The summed E-state index contributed by atoms with van der Waals surface area (Å²) >= 11 is -0.870. The molecule has 0 heterocycles. The van der Waals surface area contributed by atoms with E-state index < -0.39 is 44.4 Å². The van der Waals surface area contributed by atoms with Crippen LogP contribution in [0.5, 0.6) is 0 Å². The van der Waals surface area contributed by atoms with E-state index in [4.69, 9.17) is 0 Å². The molecule has 1 rings (SSSR count). The fourth-order valence-electron chi connectivity index (χ4n) is 0.867. The molecule has 0 aliphatic carbocycles. The van der Waals surface area contributed by atoms with Gasteiger partial charge in [-0.3, -0.25) is 10.1 Å². The van der Waals surface area contributed by atoms with Crippen molar-refractivity contribution in [1.82, 2.24) is 0 Å². The summed E-state index contributed by atoms with van der Waals surface area (Å²) in [5.74, 6) is -3.14. The number of nitrogens with zero attached hydrogens (tertiary/aromatic N) is 1. The quantitative estimate of drug-likeness (QED) is 0.353. The highest BCUT2D eigenvalue weighted by Gasteiger charge is 2.34. The summed E-state index contributed by atoms with van der Waals surface area (Å²) in [5.41, 5.74) is -5.93. The summed E-state index contributed by atoms with van der Waals surface area (Å²) in [6.07, 6.45) is 0. The Bertz CT molecular complexity index is 434. The molecule has 88 valence electrons. The van der Waals surface area contributed by atoms with Crippen LogP contribution in [0.1, 0.15) is 0 Å². The summed E-state index contributed by atoms with van der Waals surface area (Å²) in [6.45, 7) is 0. The van der Waals surface area contributed by atoms with E-state index >= 15 is 0 Å². The Hall–Kier alpha value is -1.38. The highest BCUT2D eigenvalue weighted by molar-refractivity contribution is 8.00. The zero-order chi connectivity index (χ0) is 12.5. The maximum absolute atomic E-state index is 12.6. The smallest absolute Gasteiger partial charge is 0.258 e. The molecule has 0 aliphatic heterocycles. The van der Waals surface area contributed by atoms with Crippen molar-refractivity contribution < 1.29 is 26.9 Å². The molecule has 1 aromatic rings. The molecule has 9 heteroatoms. The van der Waals surface area contributed by atoms with Gasteiger partial charge in [0.1, 0.15) is 0 Å². The van der Waals surface area contributed by atoms with E-state index in [2.05, 4.69) is 0 Å². The summed E-state index contributed by atoms with van der Waals surface area (Å²) in [5, 5.41) is 10.3. The Morgan fingerprint density at radius 3 is 2.12 bits per heavy atom. The fourth-order valence-corrected chi connectivity index (χ4v) is 1.52. The summed E-state index contributed by atoms with van der Waals surface area (Å²) in [4.78, 5) is 8.11. The number of hydrogen-bond donors (Lipinski definition) is 0. The van der Waals surface area contributed by atoms with Gasteiger partial charge in [-0.1, -0.05) is 0 Å². The van der Waals surface area contributed by atoms with E-state index in [1.807, 2.05) is 0 Å². The SMILES string of the molecule is O=[N+]([O-])c1cc(F)c(F)cc1SC(F)(F)F. The van der Waals surface area contributed by atoms with Gasteiger partial charge in [-0.25, -0.2) is 8.78 Å². The molecule has 0 amide bonds. The molecule has 0 aromatic heterocycles. The molecule has 0 saturated heterocycles. The molecule has 0 atom stereocenters. The van der Waals surface area contributed by atoms with Crippen molar-refractivity contribution in [2.75, 3.05) is 0 Å². The predicted molar refractivity (Wildman–Crippen MR) is 44.9 cm³/mol. The molecule has 0 fully saturated rings. The zero-order valence-corrected chi connectivity index (χ0v) is 8.03. The first kappa shape index (κ1) is 12.7. The van der Waals surface area contributed by atoms with Crippen LogP contribution in [0.25, 0.3) is 0 Å². The standard InChI is InChI=1S/C7H2F5NO2S/c8-3-1-5(13(14)15)6(2-4(3)9)16-7(10,11)12/h1-2H. The van der Waals surface area contributed by atoms with Crippen molar-refractivity contribution in [2.45, 2.75) is 10.4 Å². The first-order chi connectivity index (χ1) is 7.20. The number of thioether (sulfide) groups is 1. The molecule has 0 radical (unpaired) electrons. The second kappa shape index (κ2) is 4.24. The molecule has 0 bridgehead atoms. The molecular formula is C7H2F5NO2S. The minimum atomic E-state index is -4.81. The average Bonchev–Trinajstić information content (AvgIpc) is 2.07. The van der Waals surface area contributed by atoms with Crippen molar-refractivity contribution in [1.29, 1.82) is 0 Å². The van der Waals surface area contributed by atoms with Gasteiger partial charge in [-0.05, 0) is 17.8 Å². The third-order valence-electron chi connectivity index (χ3n) is 1.42. The van der Waals surface area contributed by atoms with Crippen LogP contribution in [0.3, 0.4) is 0 Å². The van der Waals surface area contributed by atoms with E-state index in [1.54, 1.807) is 0 Å². The second-order valence-electron chi connectivity index (χ2n) is 2.54. The Balaban J connectivity index is 3.25. The van der Waals surface area contributed by atoms with Crippen LogP contribution in [0.4, 0.5) is 27.6 Å². The normalized spacial score (nSPS) is 11.6. The van der Waals surface area contributed by atoms with Crippen LogP contribution >= 0.6 is 11.8 Å². The van der Waals surface area contributed by atoms with Gasteiger partial charge in [0.2, 0.25) is 0 Å². The second-order valence-corrected chi connectivity index (χ2v) is 3.65. The number of benzene rings is 1. The Labute approximate surface area is 89.4 Å². The molecule has 0 unspecified atom stereocenters. The van der Waals surface area contributed by atoms with Gasteiger partial charge >= 0.3 is 5.51 Å². The molecule has 0 aliphatic rings. The van der Waals surface area contributed by atoms with Crippen LogP contribution in [0, 0.1) is 21.7 Å². The van der Waals surface area contributed by atoms with Crippen molar-refractivity contribution in [3.63, 3.8) is 0 Å². The molecule has 16 heavy (non-hydrogen) atoms. The van der Waals surface area contributed by atoms with E-state index in [-0.39, 0.29) is 12.1 Å². The van der Waals surface area contributed by atoms with Gasteiger partial charge in [0.05, 0.1) is 15.9 Å². The summed E-state index contributed by atoms with van der Waals surface area (Å²) < 4.78 is 61.0. The van der Waals surface area contributed by atoms with E-state index in [9.17, 15) is 32.1 Å². The Morgan fingerprint density at radius 1 is 1.19 bits per heavy atom. The van der Waals surface area contributed by atoms with Gasteiger partial charge in [0.25, 0.3) is 5.69 Å². The zero-order valence-electron chi connectivity index (χ0n) is 7.22. The van der Waals surface area contributed by atoms with Crippen molar-refractivity contribution >= 4 is 17.4 Å². The van der Waals surface area contributed by atoms with Crippen molar-refractivity contribution in [3.8, 4) is 0 Å². The van der Waals surface area contributed by atoms with Crippen molar-refractivity contribution in [2.24, 2.45) is 0 Å². The molecule has 0 spiro atoms. The molecule has 1 aromatic carbocycles. The number of hydrogen-bond acceptors (Lipinski definition) is 3. The molecular weight excluding hydrogens is 257 g/mol. The summed E-state index contributed by atoms with van der Waals surface area (Å²) in [6, 6.07) is 0.259. The van der Waals surface area contributed by atoms with Crippen LogP contribution in [-0.4, -0.2) is 10.4 Å². The van der Waals surface area contributed by atoms with Gasteiger partial charge in [0, 0.05) is 0 Å². The maximum Gasteiger partial charge on any atom is 0.446 e. The van der Waals surface area contributed by atoms with Gasteiger partial charge in [-0.15, -0.1) is 0 Å². The van der Waals surface area contributed by atoms with E-state index in [0.29, 0.717) is 0 Å². The van der Waals surface area contributed by atoms with E-state index in [1.165, 1.54) is 0 Å². The lowest BCUT2D eigenvalue weighted by Crippen LogP contribution is -2.02. The first-order valence-corrected chi connectivity index (χ1v) is 4.41. The number of nitro groups is 1. The van der Waals surface area contributed by atoms with Crippen LogP contribution < -0.4 is 0 Å². The third kappa shape index (κ3) is 3.05. The minimum Gasteiger partial charge on any atom is -0.258 e. The first-order valence-electron chi connectivity index (χ1n) is 3.60. The van der Waals surface area contributed by atoms with E-state index in [0.717, 1.165) is 0 Å². The van der Waals surface area contributed by atoms with Crippen LogP contribution in [0.15, 0.2) is 17.0 Å². The predicted octanol–water partition coefficient (Wildman–Crippen LogP) is 3.48. The minimum absolute atomic E-state index is 0.114. The highest BCUT2D eigenvalue weighted by atomic mass is 32.2. The number of halogens is 5. The largest absolute Gasteiger partial charge is 0.446 e.